The summed E-state index contributed by atoms with van der Waals surface area (Å²) in [6.45, 7) is 0. The summed E-state index contributed by atoms with van der Waals surface area (Å²) in [5.41, 5.74) is 1.40. The number of fused-ring (bicyclic) bond motifs is 1. The van der Waals surface area contributed by atoms with Gasteiger partial charge in [-0.3, -0.25) is 9.69 Å². The van der Waals surface area contributed by atoms with E-state index in [0.717, 1.165) is 5.56 Å². The van der Waals surface area contributed by atoms with Gasteiger partial charge in [-0.25, -0.2) is 4.39 Å². The Morgan fingerprint density at radius 2 is 1.86 bits per heavy atom. The molecule has 3 nitrogen and oxygen atoms in total. The highest BCUT2D eigenvalue weighted by Gasteiger charge is 2.29. The third-order valence-corrected chi connectivity index (χ3v) is 3.39. The molecule has 2 aromatic carbocycles. The summed E-state index contributed by atoms with van der Waals surface area (Å²) in [7, 11) is 0. The highest BCUT2D eigenvalue weighted by molar-refractivity contribution is 6.09. The van der Waals surface area contributed by atoms with Gasteiger partial charge >= 0.3 is 0 Å². The molecule has 0 unspecified atom stereocenters. The van der Waals surface area contributed by atoms with E-state index in [1.807, 2.05) is 12.1 Å². The lowest BCUT2D eigenvalue weighted by molar-refractivity contribution is 0.0981. The second kappa shape index (κ2) is 5.22. The van der Waals surface area contributed by atoms with Crippen LogP contribution in [0.15, 0.2) is 54.6 Å². The lowest BCUT2D eigenvalue weighted by Crippen LogP contribution is -2.40. The number of nitriles is 1. The molecular formula is C17H11FN2O. The summed E-state index contributed by atoms with van der Waals surface area (Å²) in [5.74, 6) is -1.11. The Labute approximate surface area is 121 Å². The maximum Gasteiger partial charge on any atom is 0.262 e. The van der Waals surface area contributed by atoms with Gasteiger partial charge in [0.15, 0.2) is 0 Å². The first kappa shape index (κ1) is 13.1. The molecule has 0 spiro atoms. The van der Waals surface area contributed by atoms with Gasteiger partial charge in [-0.15, -0.1) is 0 Å². The number of amides is 1. The normalized spacial score (nSPS) is 16.2. The van der Waals surface area contributed by atoms with Crippen LogP contribution in [0.4, 0.5) is 10.1 Å². The topological polar surface area (TPSA) is 44.1 Å². The summed E-state index contributed by atoms with van der Waals surface area (Å²) in [6.07, 6.45) is 3.44. The number of hydrogen-bond donors (Lipinski definition) is 0. The molecule has 0 saturated carbocycles. The third kappa shape index (κ3) is 2.19. The average molecular weight is 278 g/mol. The van der Waals surface area contributed by atoms with Crippen LogP contribution in [0.3, 0.4) is 0 Å². The molecule has 0 bridgehead atoms. The number of carbonyl (C=O) groups is 1. The second-order valence-corrected chi connectivity index (χ2v) is 4.65. The lowest BCUT2D eigenvalue weighted by Gasteiger charge is -2.30. The van der Waals surface area contributed by atoms with Crippen molar-refractivity contribution in [3.8, 4) is 6.07 Å². The molecule has 1 heterocycles. The summed E-state index contributed by atoms with van der Waals surface area (Å²) in [6, 6.07) is 14.3. The summed E-state index contributed by atoms with van der Waals surface area (Å²) in [5, 5.41) is 9.26. The molecule has 0 fully saturated rings. The Morgan fingerprint density at radius 1 is 1.14 bits per heavy atom. The van der Waals surface area contributed by atoms with Crippen LogP contribution >= 0.6 is 0 Å². The first-order chi connectivity index (χ1) is 10.2. The first-order valence-electron chi connectivity index (χ1n) is 6.47. The number of rotatable bonds is 1. The van der Waals surface area contributed by atoms with Gasteiger partial charge in [0.2, 0.25) is 0 Å². The Morgan fingerprint density at radius 3 is 2.62 bits per heavy atom. The molecule has 0 radical (unpaired) electrons. The van der Waals surface area contributed by atoms with Crippen LogP contribution in [0, 0.1) is 17.1 Å². The van der Waals surface area contributed by atoms with Crippen molar-refractivity contribution >= 4 is 17.7 Å². The fourth-order valence-corrected chi connectivity index (χ4v) is 2.38. The van der Waals surface area contributed by atoms with Crippen LogP contribution in [0.2, 0.25) is 0 Å². The smallest absolute Gasteiger partial charge is 0.262 e. The van der Waals surface area contributed by atoms with Crippen LogP contribution in [-0.2, 0) is 0 Å². The first-order valence-corrected chi connectivity index (χ1v) is 6.47. The van der Waals surface area contributed by atoms with E-state index in [2.05, 4.69) is 6.07 Å². The van der Waals surface area contributed by atoms with Crippen molar-refractivity contribution in [1.82, 2.24) is 0 Å². The minimum atomic E-state index is -0.744. The largest absolute Gasteiger partial charge is 0.288 e. The minimum Gasteiger partial charge on any atom is -0.288 e. The summed E-state index contributed by atoms with van der Waals surface area (Å²) < 4.78 is 13.9. The Bertz CT molecular complexity index is 776. The molecule has 2 aromatic rings. The SMILES string of the molecule is N#C[C@@H]1C=Cc2ccccc2N1C(=O)c1ccccc1F. The molecule has 1 aliphatic heterocycles. The van der Waals surface area contributed by atoms with E-state index >= 15 is 0 Å². The quantitative estimate of drug-likeness (QED) is 0.802. The van der Waals surface area contributed by atoms with Crippen LogP contribution in [-0.4, -0.2) is 11.9 Å². The average Bonchev–Trinajstić information content (AvgIpc) is 2.53. The van der Waals surface area contributed by atoms with Gasteiger partial charge in [-0.05, 0) is 29.8 Å². The monoisotopic (exact) mass is 278 g/mol. The molecule has 21 heavy (non-hydrogen) atoms. The van der Waals surface area contributed by atoms with Crippen molar-refractivity contribution in [2.24, 2.45) is 0 Å². The fraction of sp³-hybridized carbons (Fsp3) is 0.0588. The lowest BCUT2D eigenvalue weighted by atomic mass is 10.0. The summed E-state index contributed by atoms with van der Waals surface area (Å²) >= 11 is 0. The van der Waals surface area contributed by atoms with Crippen LogP contribution < -0.4 is 4.90 Å². The zero-order chi connectivity index (χ0) is 14.8. The number of para-hydroxylation sites is 1. The van der Waals surface area contributed by atoms with Crippen molar-refractivity contribution < 1.29 is 9.18 Å². The van der Waals surface area contributed by atoms with Crippen LogP contribution in [0.5, 0.6) is 0 Å². The van der Waals surface area contributed by atoms with Gasteiger partial charge in [0.05, 0.1) is 17.3 Å². The molecule has 1 amide bonds. The van der Waals surface area contributed by atoms with Crippen molar-refractivity contribution in [1.29, 1.82) is 5.26 Å². The Hall–Kier alpha value is -2.93. The molecule has 3 rings (SSSR count). The standard InChI is InChI=1S/C17H11FN2O/c18-15-7-3-2-6-14(15)17(21)20-13(11-19)10-9-12-5-1-4-8-16(12)20/h1-10,13H/t13-/m0/s1. The Kier molecular flexibility index (Phi) is 3.25. The molecule has 1 atom stereocenters. The van der Waals surface area contributed by atoms with Crippen LogP contribution in [0.25, 0.3) is 6.08 Å². The molecule has 0 N–H and O–H groups in total. The number of benzene rings is 2. The molecule has 4 heteroatoms. The van der Waals surface area contributed by atoms with Gasteiger partial charge in [0.1, 0.15) is 11.9 Å². The molecule has 1 aliphatic rings. The maximum atomic E-state index is 13.9. The van der Waals surface area contributed by atoms with E-state index in [1.54, 1.807) is 30.4 Å². The van der Waals surface area contributed by atoms with Crippen molar-refractivity contribution in [3.63, 3.8) is 0 Å². The van der Waals surface area contributed by atoms with E-state index in [-0.39, 0.29) is 5.56 Å². The molecule has 102 valence electrons. The van der Waals surface area contributed by atoms with E-state index in [1.165, 1.54) is 23.1 Å². The van der Waals surface area contributed by atoms with E-state index in [4.69, 9.17) is 0 Å². The van der Waals surface area contributed by atoms with Gasteiger partial charge in [0, 0.05) is 0 Å². The predicted octanol–water partition coefficient (Wildman–Crippen LogP) is 3.39. The fourth-order valence-electron chi connectivity index (χ4n) is 2.38. The molecular weight excluding hydrogens is 267 g/mol. The number of halogens is 1. The summed E-state index contributed by atoms with van der Waals surface area (Å²) in [4.78, 5) is 14.0. The van der Waals surface area contributed by atoms with E-state index < -0.39 is 17.8 Å². The van der Waals surface area contributed by atoms with E-state index in [0.29, 0.717) is 5.69 Å². The van der Waals surface area contributed by atoms with Crippen molar-refractivity contribution in [3.05, 3.63) is 71.6 Å². The van der Waals surface area contributed by atoms with Gasteiger partial charge in [0.25, 0.3) is 5.91 Å². The zero-order valence-electron chi connectivity index (χ0n) is 11.0. The molecule has 0 aliphatic carbocycles. The van der Waals surface area contributed by atoms with Gasteiger partial charge in [-0.1, -0.05) is 36.4 Å². The Balaban J connectivity index is 2.11. The minimum absolute atomic E-state index is 0.0390. The predicted molar refractivity (Wildman–Crippen MR) is 78.1 cm³/mol. The number of carbonyl (C=O) groups excluding carboxylic acids is 1. The number of anilines is 1. The third-order valence-electron chi connectivity index (χ3n) is 3.39. The van der Waals surface area contributed by atoms with Crippen molar-refractivity contribution in [2.45, 2.75) is 6.04 Å². The maximum absolute atomic E-state index is 13.9. The second-order valence-electron chi connectivity index (χ2n) is 4.65. The van der Waals surface area contributed by atoms with Crippen molar-refractivity contribution in [2.75, 3.05) is 4.90 Å². The zero-order valence-corrected chi connectivity index (χ0v) is 11.0. The van der Waals surface area contributed by atoms with E-state index in [9.17, 15) is 14.4 Å². The van der Waals surface area contributed by atoms with Crippen LogP contribution in [0.1, 0.15) is 15.9 Å². The van der Waals surface area contributed by atoms with Gasteiger partial charge < -0.3 is 0 Å². The molecule has 0 saturated heterocycles. The van der Waals surface area contributed by atoms with Gasteiger partial charge in [-0.2, -0.15) is 5.26 Å². The highest BCUT2D eigenvalue weighted by atomic mass is 19.1. The number of nitrogens with zero attached hydrogens (tertiary/aromatic N) is 2. The highest BCUT2D eigenvalue weighted by Crippen LogP contribution is 2.30. The molecule has 0 aromatic heterocycles. The number of hydrogen-bond acceptors (Lipinski definition) is 2.